The van der Waals surface area contributed by atoms with Gasteiger partial charge in [0, 0.05) is 11.6 Å². The van der Waals surface area contributed by atoms with Gasteiger partial charge in [-0.1, -0.05) is 47.1 Å². The van der Waals surface area contributed by atoms with Crippen molar-refractivity contribution >= 4 is 28.6 Å². The predicted molar refractivity (Wildman–Crippen MR) is 124 cm³/mol. The summed E-state index contributed by atoms with van der Waals surface area (Å²) in [5.41, 5.74) is 4.63. The fourth-order valence-corrected chi connectivity index (χ4v) is 3.47. The van der Waals surface area contributed by atoms with Crippen LogP contribution in [0.25, 0.3) is 22.4 Å². The maximum Gasteiger partial charge on any atom is 0.259 e. The van der Waals surface area contributed by atoms with Crippen molar-refractivity contribution in [2.75, 3.05) is 5.32 Å². The third-order valence-corrected chi connectivity index (χ3v) is 5.05. The van der Waals surface area contributed by atoms with Crippen molar-refractivity contribution < 1.29 is 14.1 Å². The maximum atomic E-state index is 13.4. The molecule has 7 heteroatoms. The standard InChI is InChI=1S/C25H24N4O3/c1-14(2)26-23(30)18-7-5-6-8-20(18)27-24(31)19-13-21(17-11-9-15(3)10-12-17)28-25-22(19)16(4)29-32-25/h5-14H,1-4H3,(H,26,30)(H,27,31). The third-order valence-electron chi connectivity index (χ3n) is 5.05. The van der Waals surface area contributed by atoms with Crippen LogP contribution in [0.5, 0.6) is 0 Å². The SMILES string of the molecule is Cc1ccc(-c2cc(C(=O)Nc3ccccc3C(=O)NC(C)C)c3c(C)noc3n2)cc1. The number of amides is 2. The van der Waals surface area contributed by atoms with E-state index >= 15 is 0 Å². The highest BCUT2D eigenvalue weighted by Gasteiger charge is 2.21. The Balaban J connectivity index is 1.75. The summed E-state index contributed by atoms with van der Waals surface area (Å²) in [5.74, 6) is -0.626. The van der Waals surface area contributed by atoms with Gasteiger partial charge in [0.05, 0.1) is 33.6 Å². The van der Waals surface area contributed by atoms with Crippen molar-refractivity contribution in [2.45, 2.75) is 33.7 Å². The summed E-state index contributed by atoms with van der Waals surface area (Å²) in [4.78, 5) is 30.5. The Morgan fingerprint density at radius 3 is 2.38 bits per heavy atom. The third kappa shape index (κ3) is 4.23. The molecule has 2 heterocycles. The summed E-state index contributed by atoms with van der Waals surface area (Å²) < 4.78 is 5.38. The van der Waals surface area contributed by atoms with Gasteiger partial charge < -0.3 is 15.2 Å². The van der Waals surface area contributed by atoms with Crippen LogP contribution in [0.4, 0.5) is 5.69 Å². The normalized spacial score (nSPS) is 11.0. The van der Waals surface area contributed by atoms with Crippen molar-refractivity contribution in [3.05, 3.63) is 77.0 Å². The Hall–Kier alpha value is -4.00. The van der Waals surface area contributed by atoms with Gasteiger partial charge in [-0.3, -0.25) is 9.59 Å². The topological polar surface area (TPSA) is 97.1 Å². The Kier molecular flexibility index (Phi) is 5.73. The van der Waals surface area contributed by atoms with E-state index in [2.05, 4.69) is 20.8 Å². The number of hydrogen-bond acceptors (Lipinski definition) is 5. The van der Waals surface area contributed by atoms with Crippen molar-refractivity contribution in [2.24, 2.45) is 0 Å². The second kappa shape index (κ2) is 8.63. The minimum absolute atomic E-state index is 0.0252. The molecule has 0 unspecified atom stereocenters. The summed E-state index contributed by atoms with van der Waals surface area (Å²) in [5, 5.41) is 10.3. The molecule has 2 aromatic carbocycles. The molecular formula is C25H24N4O3. The molecule has 2 N–H and O–H groups in total. The number of nitrogens with one attached hydrogen (secondary N) is 2. The summed E-state index contributed by atoms with van der Waals surface area (Å²) >= 11 is 0. The van der Waals surface area contributed by atoms with Crippen LogP contribution in [0.1, 0.15) is 45.8 Å². The molecule has 0 fully saturated rings. The zero-order valence-electron chi connectivity index (χ0n) is 18.4. The number of anilines is 1. The highest BCUT2D eigenvalue weighted by Crippen LogP contribution is 2.28. The van der Waals surface area contributed by atoms with E-state index in [0.29, 0.717) is 33.6 Å². The van der Waals surface area contributed by atoms with Crippen molar-refractivity contribution in [3.63, 3.8) is 0 Å². The van der Waals surface area contributed by atoms with Crippen LogP contribution >= 0.6 is 0 Å². The molecule has 0 bridgehead atoms. The molecular weight excluding hydrogens is 404 g/mol. The van der Waals surface area contributed by atoms with E-state index in [1.807, 2.05) is 45.0 Å². The zero-order valence-corrected chi connectivity index (χ0v) is 18.4. The Morgan fingerprint density at radius 1 is 0.938 bits per heavy atom. The first-order valence-electron chi connectivity index (χ1n) is 10.4. The first-order valence-corrected chi connectivity index (χ1v) is 10.4. The van der Waals surface area contributed by atoms with Crippen LogP contribution in [-0.2, 0) is 0 Å². The van der Waals surface area contributed by atoms with Crippen molar-refractivity contribution in [3.8, 4) is 11.3 Å². The fraction of sp³-hybridized carbons (Fsp3) is 0.200. The van der Waals surface area contributed by atoms with Crippen LogP contribution in [0.15, 0.2) is 59.1 Å². The zero-order chi connectivity index (χ0) is 22.8. The van der Waals surface area contributed by atoms with Crippen LogP contribution in [-0.4, -0.2) is 28.0 Å². The highest BCUT2D eigenvalue weighted by molar-refractivity contribution is 6.15. The van der Waals surface area contributed by atoms with Gasteiger partial charge in [-0.2, -0.15) is 0 Å². The van der Waals surface area contributed by atoms with Gasteiger partial charge in [-0.15, -0.1) is 0 Å². The van der Waals surface area contributed by atoms with E-state index in [4.69, 9.17) is 4.52 Å². The van der Waals surface area contributed by atoms with E-state index < -0.39 is 0 Å². The average molecular weight is 428 g/mol. The number of carbonyl (C=O) groups excluding carboxylic acids is 2. The van der Waals surface area contributed by atoms with Crippen molar-refractivity contribution in [1.82, 2.24) is 15.5 Å². The highest BCUT2D eigenvalue weighted by atomic mass is 16.5. The molecule has 0 aliphatic rings. The Morgan fingerprint density at radius 2 is 1.66 bits per heavy atom. The van der Waals surface area contributed by atoms with Crippen LogP contribution in [0.3, 0.4) is 0 Å². The maximum absolute atomic E-state index is 13.4. The lowest BCUT2D eigenvalue weighted by Crippen LogP contribution is -2.31. The second-order valence-corrected chi connectivity index (χ2v) is 8.00. The molecule has 0 aliphatic heterocycles. The van der Waals surface area contributed by atoms with Gasteiger partial charge in [0.15, 0.2) is 0 Å². The van der Waals surface area contributed by atoms with E-state index in [9.17, 15) is 9.59 Å². The van der Waals surface area contributed by atoms with Crippen LogP contribution < -0.4 is 10.6 Å². The lowest BCUT2D eigenvalue weighted by atomic mass is 10.0. The number of aromatic nitrogens is 2. The lowest BCUT2D eigenvalue weighted by Gasteiger charge is -2.14. The summed E-state index contributed by atoms with van der Waals surface area (Å²) in [6.45, 7) is 7.54. The number of pyridine rings is 1. The molecule has 4 aromatic rings. The molecule has 2 amide bonds. The quantitative estimate of drug-likeness (QED) is 0.471. The van der Waals surface area contributed by atoms with Gasteiger partial charge in [0.2, 0.25) is 0 Å². The van der Waals surface area contributed by atoms with Crippen LogP contribution in [0.2, 0.25) is 0 Å². The number of fused-ring (bicyclic) bond motifs is 1. The fourth-order valence-electron chi connectivity index (χ4n) is 3.47. The minimum Gasteiger partial charge on any atom is -0.350 e. The molecule has 0 radical (unpaired) electrons. The van der Waals surface area contributed by atoms with E-state index in [-0.39, 0.29) is 23.6 Å². The molecule has 0 aliphatic carbocycles. The molecule has 0 saturated carbocycles. The lowest BCUT2D eigenvalue weighted by molar-refractivity contribution is 0.0944. The number of hydrogen-bond donors (Lipinski definition) is 2. The molecule has 32 heavy (non-hydrogen) atoms. The number of nitrogens with zero attached hydrogens (tertiary/aromatic N) is 2. The molecule has 0 spiro atoms. The molecule has 4 rings (SSSR count). The van der Waals surface area contributed by atoms with E-state index in [1.165, 1.54) is 0 Å². The summed E-state index contributed by atoms with van der Waals surface area (Å²) in [6, 6.07) is 16.5. The first-order chi connectivity index (χ1) is 15.3. The Bertz CT molecular complexity index is 1310. The smallest absolute Gasteiger partial charge is 0.259 e. The first kappa shape index (κ1) is 21.2. The molecule has 0 atom stereocenters. The number of benzene rings is 2. The van der Waals surface area contributed by atoms with Gasteiger partial charge in [0.1, 0.15) is 0 Å². The predicted octanol–water partition coefficient (Wildman–Crippen LogP) is 4.90. The van der Waals surface area contributed by atoms with Gasteiger partial charge >= 0.3 is 0 Å². The minimum atomic E-state index is -0.373. The number of rotatable bonds is 5. The number of para-hydroxylation sites is 1. The summed E-state index contributed by atoms with van der Waals surface area (Å²) in [6.07, 6.45) is 0. The van der Waals surface area contributed by atoms with Crippen LogP contribution in [0, 0.1) is 13.8 Å². The number of aryl methyl sites for hydroxylation is 2. The monoisotopic (exact) mass is 428 g/mol. The molecule has 7 nitrogen and oxygen atoms in total. The molecule has 2 aromatic heterocycles. The van der Waals surface area contributed by atoms with Gasteiger partial charge in [0.25, 0.3) is 17.5 Å². The molecule has 162 valence electrons. The average Bonchev–Trinajstić information content (AvgIpc) is 3.14. The van der Waals surface area contributed by atoms with Crippen molar-refractivity contribution in [1.29, 1.82) is 0 Å². The molecule has 0 saturated heterocycles. The second-order valence-electron chi connectivity index (χ2n) is 8.00. The van der Waals surface area contributed by atoms with Gasteiger partial charge in [-0.05, 0) is 45.9 Å². The van der Waals surface area contributed by atoms with E-state index in [0.717, 1.165) is 11.1 Å². The van der Waals surface area contributed by atoms with E-state index in [1.54, 1.807) is 37.3 Å². The summed E-state index contributed by atoms with van der Waals surface area (Å²) in [7, 11) is 0. The Labute approximate surface area is 185 Å². The van der Waals surface area contributed by atoms with Gasteiger partial charge in [-0.25, -0.2) is 4.98 Å². The largest absolute Gasteiger partial charge is 0.350 e. The number of carbonyl (C=O) groups is 2.